The topological polar surface area (TPSA) is 75.6 Å². The second-order valence-electron chi connectivity index (χ2n) is 8.15. The number of ether oxygens (including phenoxy) is 1. The molecule has 1 aliphatic rings. The summed E-state index contributed by atoms with van der Waals surface area (Å²) in [5, 5.41) is 12.4. The minimum Gasteiger partial charge on any atom is -0.479 e. The molecule has 0 aromatic heterocycles. The van der Waals surface area contributed by atoms with Gasteiger partial charge in [-0.05, 0) is 45.1 Å². The molecule has 5 heteroatoms. The van der Waals surface area contributed by atoms with E-state index in [2.05, 4.69) is 5.32 Å². The standard InChI is InChI=1S/C19H27NO4/c1-17(2,3)24-16(23)20-19(15(21)22)12-14(18(19,4)5)11-13-9-7-6-8-10-13/h6-10,14H,11-12H2,1-5H3,(H,20,23)(H,21,22)/t14-,19-/m1/s1. The first-order valence-corrected chi connectivity index (χ1v) is 8.26. The van der Waals surface area contributed by atoms with E-state index in [0.717, 1.165) is 6.42 Å². The lowest BCUT2D eigenvalue weighted by molar-refractivity contribution is -0.169. The van der Waals surface area contributed by atoms with Gasteiger partial charge in [0, 0.05) is 5.41 Å². The molecular weight excluding hydrogens is 306 g/mol. The Labute approximate surface area is 143 Å². The van der Waals surface area contributed by atoms with Gasteiger partial charge in [-0.3, -0.25) is 0 Å². The Kier molecular flexibility index (Phi) is 4.66. The van der Waals surface area contributed by atoms with Gasteiger partial charge in [-0.15, -0.1) is 0 Å². The van der Waals surface area contributed by atoms with Crippen molar-refractivity contribution in [3.05, 3.63) is 35.9 Å². The van der Waals surface area contributed by atoms with Crippen LogP contribution in [0.25, 0.3) is 0 Å². The van der Waals surface area contributed by atoms with Crippen molar-refractivity contribution in [2.75, 3.05) is 0 Å². The number of benzene rings is 1. The molecule has 0 unspecified atom stereocenters. The average molecular weight is 333 g/mol. The van der Waals surface area contributed by atoms with Crippen LogP contribution in [-0.4, -0.2) is 28.3 Å². The van der Waals surface area contributed by atoms with Gasteiger partial charge in [0.1, 0.15) is 11.1 Å². The van der Waals surface area contributed by atoms with Crippen LogP contribution in [0.15, 0.2) is 30.3 Å². The van der Waals surface area contributed by atoms with Gasteiger partial charge in [0.25, 0.3) is 0 Å². The Morgan fingerprint density at radius 2 is 1.83 bits per heavy atom. The van der Waals surface area contributed by atoms with Gasteiger partial charge in [0.15, 0.2) is 0 Å². The Bertz CT molecular complexity index is 618. The summed E-state index contributed by atoms with van der Waals surface area (Å²) in [4.78, 5) is 24.1. The lowest BCUT2D eigenvalue weighted by Gasteiger charge is -2.59. The molecule has 0 saturated heterocycles. The van der Waals surface area contributed by atoms with E-state index in [9.17, 15) is 14.7 Å². The van der Waals surface area contributed by atoms with Crippen LogP contribution in [0.5, 0.6) is 0 Å². The molecule has 0 heterocycles. The molecular formula is C19H27NO4. The van der Waals surface area contributed by atoms with Gasteiger partial charge >= 0.3 is 12.1 Å². The fourth-order valence-corrected chi connectivity index (χ4v) is 3.44. The number of carbonyl (C=O) groups excluding carboxylic acids is 1. The van der Waals surface area contributed by atoms with Crippen LogP contribution < -0.4 is 5.32 Å². The molecule has 0 spiro atoms. The van der Waals surface area contributed by atoms with Crippen LogP contribution in [-0.2, 0) is 16.0 Å². The van der Waals surface area contributed by atoms with Crippen molar-refractivity contribution < 1.29 is 19.4 Å². The predicted molar refractivity (Wildman–Crippen MR) is 91.8 cm³/mol. The maximum absolute atomic E-state index is 12.1. The summed E-state index contributed by atoms with van der Waals surface area (Å²) < 4.78 is 5.25. The summed E-state index contributed by atoms with van der Waals surface area (Å²) in [5.74, 6) is -0.839. The summed E-state index contributed by atoms with van der Waals surface area (Å²) in [6.45, 7) is 9.06. The molecule has 1 aromatic carbocycles. The molecule has 0 bridgehead atoms. The third-order valence-corrected chi connectivity index (χ3v) is 5.08. The monoisotopic (exact) mass is 333 g/mol. The number of carbonyl (C=O) groups is 2. The van der Waals surface area contributed by atoms with E-state index in [-0.39, 0.29) is 5.92 Å². The lowest BCUT2D eigenvalue weighted by atomic mass is 9.48. The first kappa shape index (κ1) is 18.3. The minimum atomic E-state index is -1.30. The fraction of sp³-hybridized carbons (Fsp3) is 0.579. The van der Waals surface area contributed by atoms with Crippen LogP contribution in [0, 0.1) is 11.3 Å². The quantitative estimate of drug-likeness (QED) is 0.882. The second-order valence-corrected chi connectivity index (χ2v) is 8.15. The number of carboxylic acids is 1. The Balaban J connectivity index is 2.14. The minimum absolute atomic E-state index is 0.172. The first-order valence-electron chi connectivity index (χ1n) is 8.26. The van der Waals surface area contributed by atoms with E-state index in [0.29, 0.717) is 6.42 Å². The number of hydrogen-bond acceptors (Lipinski definition) is 3. The highest BCUT2D eigenvalue weighted by atomic mass is 16.6. The molecule has 0 radical (unpaired) electrons. The number of alkyl carbamates (subject to hydrolysis) is 1. The van der Waals surface area contributed by atoms with Crippen molar-refractivity contribution in [3.63, 3.8) is 0 Å². The smallest absolute Gasteiger partial charge is 0.408 e. The van der Waals surface area contributed by atoms with Crippen LogP contribution in [0.1, 0.15) is 46.6 Å². The van der Waals surface area contributed by atoms with Gasteiger partial charge in [-0.2, -0.15) is 0 Å². The molecule has 132 valence electrons. The van der Waals surface area contributed by atoms with Gasteiger partial charge < -0.3 is 15.2 Å². The molecule has 1 aliphatic carbocycles. The summed E-state index contributed by atoms with van der Waals surface area (Å²) in [7, 11) is 0. The summed E-state index contributed by atoms with van der Waals surface area (Å²) in [5.41, 5.74) is -1.37. The summed E-state index contributed by atoms with van der Waals surface area (Å²) in [6.07, 6.45) is 0.499. The number of hydrogen-bond donors (Lipinski definition) is 2. The molecule has 2 N–H and O–H groups in total. The van der Waals surface area contributed by atoms with Gasteiger partial charge in [0.2, 0.25) is 0 Å². The van der Waals surface area contributed by atoms with E-state index in [1.54, 1.807) is 20.8 Å². The largest absolute Gasteiger partial charge is 0.479 e. The highest BCUT2D eigenvalue weighted by molar-refractivity contribution is 5.87. The fourth-order valence-electron chi connectivity index (χ4n) is 3.44. The van der Waals surface area contributed by atoms with Crippen molar-refractivity contribution in [3.8, 4) is 0 Å². The zero-order valence-corrected chi connectivity index (χ0v) is 15.1. The second kappa shape index (κ2) is 6.11. The number of amides is 1. The summed E-state index contributed by atoms with van der Waals surface area (Å²) in [6, 6.07) is 9.99. The zero-order chi connectivity index (χ0) is 18.2. The predicted octanol–water partition coefficient (Wildman–Crippen LogP) is 3.62. The van der Waals surface area contributed by atoms with Crippen molar-refractivity contribution in [2.45, 2.75) is 58.6 Å². The molecule has 1 saturated carbocycles. The molecule has 24 heavy (non-hydrogen) atoms. The van der Waals surface area contributed by atoms with E-state index < -0.39 is 28.6 Å². The third kappa shape index (κ3) is 3.40. The molecule has 1 amide bonds. The van der Waals surface area contributed by atoms with Crippen molar-refractivity contribution in [2.24, 2.45) is 11.3 Å². The highest BCUT2D eigenvalue weighted by Crippen LogP contribution is 2.55. The van der Waals surface area contributed by atoms with Gasteiger partial charge in [-0.1, -0.05) is 44.2 Å². The molecule has 0 aliphatic heterocycles. The van der Waals surface area contributed by atoms with Crippen LogP contribution in [0.4, 0.5) is 4.79 Å². The van der Waals surface area contributed by atoms with E-state index in [4.69, 9.17) is 4.74 Å². The van der Waals surface area contributed by atoms with E-state index in [1.807, 2.05) is 44.2 Å². The molecule has 5 nitrogen and oxygen atoms in total. The Morgan fingerprint density at radius 3 is 2.29 bits per heavy atom. The van der Waals surface area contributed by atoms with Crippen molar-refractivity contribution in [1.82, 2.24) is 5.32 Å². The first-order chi connectivity index (χ1) is 11.0. The molecule has 1 fully saturated rings. The Hall–Kier alpha value is -2.04. The number of nitrogens with one attached hydrogen (secondary N) is 1. The lowest BCUT2D eigenvalue weighted by Crippen LogP contribution is -2.74. The van der Waals surface area contributed by atoms with Crippen LogP contribution >= 0.6 is 0 Å². The highest BCUT2D eigenvalue weighted by Gasteiger charge is 2.65. The van der Waals surface area contributed by atoms with Crippen LogP contribution in [0.2, 0.25) is 0 Å². The zero-order valence-electron chi connectivity index (χ0n) is 15.1. The number of carboxylic acid groups (broad SMARTS) is 1. The number of aliphatic carboxylic acids is 1. The Morgan fingerprint density at radius 1 is 1.25 bits per heavy atom. The molecule has 1 aromatic rings. The van der Waals surface area contributed by atoms with Gasteiger partial charge in [0.05, 0.1) is 0 Å². The van der Waals surface area contributed by atoms with E-state index in [1.165, 1.54) is 5.56 Å². The maximum atomic E-state index is 12.1. The average Bonchev–Trinajstić information content (AvgIpc) is 2.44. The summed E-state index contributed by atoms with van der Waals surface area (Å²) >= 11 is 0. The van der Waals surface area contributed by atoms with Crippen LogP contribution in [0.3, 0.4) is 0 Å². The van der Waals surface area contributed by atoms with Crippen molar-refractivity contribution in [1.29, 1.82) is 0 Å². The number of rotatable bonds is 4. The molecule has 2 rings (SSSR count). The normalized spacial score (nSPS) is 25.5. The third-order valence-electron chi connectivity index (χ3n) is 5.08. The van der Waals surface area contributed by atoms with Gasteiger partial charge in [-0.25, -0.2) is 9.59 Å². The molecule has 2 atom stereocenters. The SMILES string of the molecule is CC(C)(C)OC(=O)N[C@@]1(C(=O)O)C[C@@H](Cc2ccccc2)C1(C)C. The van der Waals surface area contributed by atoms with E-state index >= 15 is 0 Å². The van der Waals surface area contributed by atoms with Crippen molar-refractivity contribution >= 4 is 12.1 Å². The maximum Gasteiger partial charge on any atom is 0.408 e.